The molecule has 1 fully saturated rings. The molecule has 0 aliphatic carbocycles. The van der Waals surface area contributed by atoms with Gasteiger partial charge in [-0.15, -0.1) is 0 Å². The number of esters is 1. The van der Waals surface area contributed by atoms with Crippen molar-refractivity contribution in [1.82, 2.24) is 15.0 Å². The average molecular weight is 558 g/mol. The smallest absolute Gasteiger partial charge is 0.323 e. The molecule has 0 saturated carbocycles. The predicted molar refractivity (Wildman–Crippen MR) is 151 cm³/mol. The van der Waals surface area contributed by atoms with E-state index in [1.54, 1.807) is 12.1 Å². The fraction of sp³-hybridized carbons (Fsp3) is 0.312. The Morgan fingerprint density at radius 3 is 2.37 bits per heavy atom. The van der Waals surface area contributed by atoms with Crippen LogP contribution in [0, 0.1) is 11.2 Å². The van der Waals surface area contributed by atoms with Gasteiger partial charge < -0.3 is 14.4 Å². The van der Waals surface area contributed by atoms with Crippen molar-refractivity contribution in [3.8, 4) is 34.0 Å². The molecule has 41 heavy (non-hydrogen) atoms. The van der Waals surface area contributed by atoms with Gasteiger partial charge >= 0.3 is 11.9 Å². The molecular weight excluding hydrogens is 525 g/mol. The van der Waals surface area contributed by atoms with Gasteiger partial charge in [0.05, 0.1) is 6.61 Å². The Labute approximate surface area is 237 Å². The van der Waals surface area contributed by atoms with E-state index in [-0.39, 0.29) is 31.2 Å². The lowest BCUT2D eigenvalue weighted by Crippen LogP contribution is -2.49. The van der Waals surface area contributed by atoms with Gasteiger partial charge in [-0.25, -0.2) is 4.39 Å². The summed E-state index contributed by atoms with van der Waals surface area (Å²) in [7, 11) is 0. The van der Waals surface area contributed by atoms with Crippen molar-refractivity contribution in [3.05, 3.63) is 84.2 Å². The van der Waals surface area contributed by atoms with E-state index in [2.05, 4.69) is 15.0 Å². The molecule has 1 saturated heterocycles. The zero-order chi connectivity index (χ0) is 28.8. The molecule has 0 atom stereocenters. The summed E-state index contributed by atoms with van der Waals surface area (Å²) in [6.07, 6.45) is 2.01. The first kappa shape index (κ1) is 28.2. The maximum absolute atomic E-state index is 14.8. The number of ether oxygens (including phenoxy) is 1. The number of carboxylic acids is 1. The number of unbranched alkanes of at least 4 members (excludes halogenated alkanes) is 1. The van der Waals surface area contributed by atoms with Crippen LogP contribution in [0.15, 0.2) is 77.3 Å². The first-order chi connectivity index (χ1) is 19.9. The maximum atomic E-state index is 14.8. The molecule has 0 radical (unpaired) electrons. The van der Waals surface area contributed by atoms with Gasteiger partial charge in [0.1, 0.15) is 5.82 Å². The van der Waals surface area contributed by atoms with Crippen molar-refractivity contribution in [2.24, 2.45) is 5.41 Å². The maximum Gasteiger partial charge on any atom is 0.323 e. The molecule has 4 aromatic rings. The van der Waals surface area contributed by atoms with E-state index in [9.17, 15) is 19.1 Å². The summed E-state index contributed by atoms with van der Waals surface area (Å²) in [5.41, 5.74) is 2.09. The second-order valence-electron chi connectivity index (χ2n) is 10.3. The standard InChI is InChI=1S/C32H32FN3O5/c1-2-3-19-40-31(39)32(30(37)38)15-17-36(18-16-32)21-22-9-11-24(12-10-22)28-34-29(41-35-28)25-13-14-26(27(33)20-25)23-7-5-4-6-8-23/h4-14,20H,2-3,15-19,21H2,1H3,(H,37,38). The Balaban J connectivity index is 1.20. The van der Waals surface area contributed by atoms with Crippen LogP contribution < -0.4 is 0 Å². The second-order valence-corrected chi connectivity index (χ2v) is 10.3. The summed E-state index contributed by atoms with van der Waals surface area (Å²) in [6, 6.07) is 21.9. The molecule has 1 aliphatic rings. The van der Waals surface area contributed by atoms with Gasteiger partial charge in [0.2, 0.25) is 5.82 Å². The normalized spacial score (nSPS) is 15.0. The molecular formula is C32H32FN3O5. The summed E-state index contributed by atoms with van der Waals surface area (Å²) in [5.74, 6) is -1.49. The van der Waals surface area contributed by atoms with Crippen LogP contribution in [-0.4, -0.2) is 51.8 Å². The van der Waals surface area contributed by atoms with Crippen LogP contribution in [0.4, 0.5) is 4.39 Å². The molecule has 0 amide bonds. The molecule has 8 nitrogen and oxygen atoms in total. The highest BCUT2D eigenvalue weighted by Gasteiger charge is 2.49. The van der Waals surface area contributed by atoms with Crippen LogP contribution >= 0.6 is 0 Å². The molecule has 9 heteroatoms. The number of aromatic nitrogens is 2. The fourth-order valence-electron chi connectivity index (χ4n) is 5.02. The Morgan fingerprint density at radius 1 is 1.00 bits per heavy atom. The molecule has 1 N–H and O–H groups in total. The van der Waals surface area contributed by atoms with Crippen molar-refractivity contribution in [1.29, 1.82) is 0 Å². The molecule has 1 aromatic heterocycles. The van der Waals surface area contributed by atoms with E-state index in [1.807, 2.05) is 61.5 Å². The van der Waals surface area contributed by atoms with Gasteiger partial charge in [-0.1, -0.05) is 79.2 Å². The summed E-state index contributed by atoms with van der Waals surface area (Å²) >= 11 is 0. The molecule has 0 bridgehead atoms. The number of rotatable bonds is 10. The van der Waals surface area contributed by atoms with Crippen molar-refractivity contribution < 1.29 is 28.3 Å². The molecule has 3 aromatic carbocycles. The average Bonchev–Trinajstić information content (AvgIpc) is 3.49. The highest BCUT2D eigenvalue weighted by molar-refractivity contribution is 5.99. The molecule has 5 rings (SSSR count). The number of halogens is 1. The van der Waals surface area contributed by atoms with Crippen molar-refractivity contribution in [3.63, 3.8) is 0 Å². The molecule has 0 unspecified atom stereocenters. The van der Waals surface area contributed by atoms with Crippen LogP contribution in [0.25, 0.3) is 34.0 Å². The molecule has 212 valence electrons. The van der Waals surface area contributed by atoms with E-state index in [0.29, 0.717) is 36.6 Å². The first-order valence-corrected chi connectivity index (χ1v) is 13.8. The largest absolute Gasteiger partial charge is 0.480 e. The van der Waals surface area contributed by atoms with Crippen molar-refractivity contribution >= 4 is 11.9 Å². The third-order valence-electron chi connectivity index (χ3n) is 7.59. The van der Waals surface area contributed by atoms with E-state index in [0.717, 1.165) is 29.5 Å². The van der Waals surface area contributed by atoms with Crippen molar-refractivity contribution in [2.75, 3.05) is 19.7 Å². The number of hydrogen-bond donors (Lipinski definition) is 1. The fourth-order valence-corrected chi connectivity index (χ4v) is 5.02. The van der Waals surface area contributed by atoms with E-state index < -0.39 is 17.4 Å². The Hall–Kier alpha value is -4.37. The number of hydrogen-bond acceptors (Lipinski definition) is 7. The molecule has 2 heterocycles. The van der Waals surface area contributed by atoms with Crippen LogP contribution in [0.2, 0.25) is 0 Å². The molecule has 1 aliphatic heterocycles. The number of aliphatic carboxylic acids is 1. The van der Waals surface area contributed by atoms with E-state index in [4.69, 9.17) is 9.26 Å². The lowest BCUT2D eigenvalue weighted by atomic mass is 9.78. The van der Waals surface area contributed by atoms with Gasteiger partial charge in [-0.2, -0.15) is 4.98 Å². The highest BCUT2D eigenvalue weighted by atomic mass is 19.1. The lowest BCUT2D eigenvalue weighted by molar-refractivity contribution is -0.172. The second kappa shape index (κ2) is 12.4. The van der Waals surface area contributed by atoms with Crippen LogP contribution in [0.5, 0.6) is 0 Å². The van der Waals surface area contributed by atoms with Crippen LogP contribution in [-0.2, 0) is 20.9 Å². The van der Waals surface area contributed by atoms with Crippen LogP contribution in [0.3, 0.4) is 0 Å². The number of likely N-dealkylation sites (tertiary alicyclic amines) is 1. The zero-order valence-corrected chi connectivity index (χ0v) is 22.9. The van der Waals surface area contributed by atoms with Gasteiger partial charge in [0.25, 0.3) is 5.89 Å². The SMILES string of the molecule is CCCCOC(=O)C1(C(=O)O)CCN(Cc2ccc(-c3noc(-c4ccc(-c5ccccc5)c(F)c4)n3)cc2)CC1. The third kappa shape index (κ3) is 6.20. The lowest BCUT2D eigenvalue weighted by Gasteiger charge is -2.37. The predicted octanol–water partition coefficient (Wildman–Crippen LogP) is 6.22. The number of carbonyl (C=O) groups is 2. The summed E-state index contributed by atoms with van der Waals surface area (Å²) < 4.78 is 25.5. The summed E-state index contributed by atoms with van der Waals surface area (Å²) in [4.78, 5) is 31.2. The van der Waals surface area contributed by atoms with Gasteiger partial charge in [-0.3, -0.25) is 14.5 Å². The Bertz CT molecular complexity index is 1500. The summed E-state index contributed by atoms with van der Waals surface area (Å²) in [5, 5.41) is 13.9. The van der Waals surface area contributed by atoms with Gasteiger partial charge in [0, 0.05) is 36.3 Å². The van der Waals surface area contributed by atoms with Gasteiger partial charge in [0.15, 0.2) is 5.41 Å². The van der Waals surface area contributed by atoms with Gasteiger partial charge in [-0.05, 0) is 42.5 Å². The minimum Gasteiger partial charge on any atom is -0.480 e. The highest BCUT2D eigenvalue weighted by Crippen LogP contribution is 2.34. The topological polar surface area (TPSA) is 106 Å². The monoisotopic (exact) mass is 557 g/mol. The summed E-state index contributed by atoms with van der Waals surface area (Å²) in [6.45, 7) is 3.81. The number of carboxylic acid groups (broad SMARTS) is 1. The third-order valence-corrected chi connectivity index (χ3v) is 7.59. The zero-order valence-electron chi connectivity index (χ0n) is 22.9. The minimum absolute atomic E-state index is 0.212. The number of nitrogens with zero attached hydrogens (tertiary/aromatic N) is 3. The number of piperidine rings is 1. The van der Waals surface area contributed by atoms with Crippen molar-refractivity contribution in [2.45, 2.75) is 39.2 Å². The number of benzene rings is 3. The Morgan fingerprint density at radius 2 is 1.71 bits per heavy atom. The number of carbonyl (C=O) groups excluding carboxylic acids is 1. The first-order valence-electron chi connectivity index (χ1n) is 13.8. The van der Waals surface area contributed by atoms with E-state index >= 15 is 0 Å². The Kier molecular flexibility index (Phi) is 8.54. The molecule has 0 spiro atoms. The quantitative estimate of drug-likeness (QED) is 0.139. The van der Waals surface area contributed by atoms with E-state index in [1.165, 1.54) is 6.07 Å². The van der Waals surface area contributed by atoms with Crippen LogP contribution in [0.1, 0.15) is 38.2 Å². The minimum atomic E-state index is -1.48.